The third kappa shape index (κ3) is 6.87. The predicted molar refractivity (Wildman–Crippen MR) is 110 cm³/mol. The van der Waals surface area contributed by atoms with Gasteiger partial charge in [0.2, 0.25) is 11.8 Å². The maximum atomic E-state index is 12.0. The van der Waals surface area contributed by atoms with Crippen molar-refractivity contribution in [2.75, 3.05) is 11.9 Å². The maximum Gasteiger partial charge on any atom is 0.251 e. The van der Waals surface area contributed by atoms with Crippen LogP contribution in [0.2, 0.25) is 0 Å². The topological polar surface area (TPSA) is 87.3 Å². The minimum Gasteiger partial charge on any atom is -0.352 e. The van der Waals surface area contributed by atoms with Crippen molar-refractivity contribution >= 4 is 23.4 Å². The van der Waals surface area contributed by atoms with Gasteiger partial charge >= 0.3 is 0 Å². The Balaban J connectivity index is 1.74. The average molecular weight is 381 g/mol. The van der Waals surface area contributed by atoms with E-state index in [1.54, 1.807) is 24.3 Å². The van der Waals surface area contributed by atoms with E-state index in [0.717, 1.165) is 12.0 Å². The zero-order valence-corrected chi connectivity index (χ0v) is 16.3. The lowest BCUT2D eigenvalue weighted by atomic mass is 10.1. The van der Waals surface area contributed by atoms with E-state index in [1.165, 1.54) is 0 Å². The molecule has 1 atom stereocenters. The second-order valence-corrected chi connectivity index (χ2v) is 6.65. The van der Waals surface area contributed by atoms with Crippen LogP contribution in [0, 0.1) is 5.92 Å². The quantitative estimate of drug-likeness (QED) is 0.624. The Morgan fingerprint density at radius 2 is 1.71 bits per heavy atom. The molecule has 6 heteroatoms. The SMILES string of the molecule is CCC(C)C(=O)Nc1cccc(CNC(=O)CCNC(=O)c2ccccc2)c1. The van der Waals surface area contributed by atoms with Crippen molar-refractivity contribution in [1.82, 2.24) is 10.6 Å². The van der Waals surface area contributed by atoms with E-state index in [9.17, 15) is 14.4 Å². The maximum absolute atomic E-state index is 12.0. The summed E-state index contributed by atoms with van der Waals surface area (Å²) in [6, 6.07) is 16.3. The summed E-state index contributed by atoms with van der Waals surface area (Å²) in [4.78, 5) is 35.9. The normalized spacial score (nSPS) is 11.4. The van der Waals surface area contributed by atoms with Crippen molar-refractivity contribution in [3.05, 3.63) is 65.7 Å². The molecule has 0 saturated carbocycles. The minimum absolute atomic E-state index is 0.0159. The Morgan fingerprint density at radius 3 is 2.43 bits per heavy atom. The molecule has 1 unspecified atom stereocenters. The van der Waals surface area contributed by atoms with Crippen LogP contribution in [0.15, 0.2) is 54.6 Å². The van der Waals surface area contributed by atoms with Gasteiger partial charge in [0.05, 0.1) is 0 Å². The van der Waals surface area contributed by atoms with Crippen LogP contribution in [0.4, 0.5) is 5.69 Å². The van der Waals surface area contributed by atoms with Crippen molar-refractivity contribution in [3.8, 4) is 0 Å². The number of hydrogen-bond donors (Lipinski definition) is 3. The summed E-state index contributed by atoms with van der Waals surface area (Å²) in [6.45, 7) is 4.48. The summed E-state index contributed by atoms with van der Waals surface area (Å²) in [5.74, 6) is -0.409. The molecule has 0 heterocycles. The molecule has 0 radical (unpaired) electrons. The van der Waals surface area contributed by atoms with Gasteiger partial charge in [-0.25, -0.2) is 0 Å². The van der Waals surface area contributed by atoms with Crippen molar-refractivity contribution in [2.45, 2.75) is 33.2 Å². The van der Waals surface area contributed by atoms with E-state index in [0.29, 0.717) is 17.8 Å². The van der Waals surface area contributed by atoms with Crippen LogP contribution in [0.1, 0.15) is 42.6 Å². The zero-order chi connectivity index (χ0) is 20.4. The van der Waals surface area contributed by atoms with Gasteiger partial charge in [-0.1, -0.05) is 44.2 Å². The molecule has 0 spiro atoms. The Morgan fingerprint density at radius 1 is 0.964 bits per heavy atom. The first-order valence-corrected chi connectivity index (χ1v) is 9.49. The first kappa shape index (κ1) is 21.2. The molecule has 6 nitrogen and oxygen atoms in total. The predicted octanol–water partition coefficient (Wildman–Crippen LogP) is 3.11. The second-order valence-electron chi connectivity index (χ2n) is 6.65. The first-order valence-electron chi connectivity index (χ1n) is 9.49. The molecule has 3 N–H and O–H groups in total. The average Bonchev–Trinajstić information content (AvgIpc) is 2.72. The van der Waals surface area contributed by atoms with Gasteiger partial charge in [-0.2, -0.15) is 0 Å². The van der Waals surface area contributed by atoms with Gasteiger partial charge in [0.1, 0.15) is 0 Å². The zero-order valence-electron chi connectivity index (χ0n) is 16.3. The van der Waals surface area contributed by atoms with Gasteiger partial charge in [0, 0.05) is 36.7 Å². The monoisotopic (exact) mass is 381 g/mol. The summed E-state index contributed by atoms with van der Waals surface area (Å²) in [7, 11) is 0. The third-order valence-corrected chi connectivity index (χ3v) is 4.42. The molecule has 148 valence electrons. The van der Waals surface area contributed by atoms with Gasteiger partial charge in [-0.3, -0.25) is 14.4 Å². The fraction of sp³-hybridized carbons (Fsp3) is 0.318. The Hall–Kier alpha value is -3.15. The molecule has 0 aromatic heterocycles. The first-order chi connectivity index (χ1) is 13.5. The molecule has 0 fully saturated rings. The van der Waals surface area contributed by atoms with Gasteiger partial charge in [-0.15, -0.1) is 0 Å². The molecule has 0 aliphatic rings. The molecule has 2 aromatic carbocycles. The fourth-order valence-corrected chi connectivity index (χ4v) is 2.48. The van der Waals surface area contributed by atoms with Gasteiger partial charge in [-0.05, 0) is 36.2 Å². The molecule has 0 aliphatic heterocycles. The van der Waals surface area contributed by atoms with Crippen LogP contribution in [0.3, 0.4) is 0 Å². The highest BCUT2D eigenvalue weighted by molar-refractivity contribution is 5.94. The number of nitrogens with one attached hydrogen (secondary N) is 3. The lowest BCUT2D eigenvalue weighted by Gasteiger charge is -2.11. The van der Waals surface area contributed by atoms with Crippen LogP contribution in [-0.2, 0) is 16.1 Å². The molecule has 2 rings (SSSR count). The second kappa shape index (κ2) is 10.9. The number of hydrogen-bond acceptors (Lipinski definition) is 3. The van der Waals surface area contributed by atoms with E-state index >= 15 is 0 Å². The Kier molecular flexibility index (Phi) is 8.21. The Bertz CT molecular complexity index is 806. The summed E-state index contributed by atoms with van der Waals surface area (Å²) in [5, 5.41) is 8.44. The van der Waals surface area contributed by atoms with E-state index in [-0.39, 0.29) is 36.6 Å². The lowest BCUT2D eigenvalue weighted by Crippen LogP contribution is -2.30. The molecule has 0 saturated heterocycles. The van der Waals surface area contributed by atoms with Gasteiger partial charge in [0.15, 0.2) is 0 Å². The van der Waals surface area contributed by atoms with Crippen molar-refractivity contribution in [2.24, 2.45) is 5.92 Å². The number of amides is 3. The van der Waals surface area contributed by atoms with E-state index in [4.69, 9.17) is 0 Å². The molecule has 28 heavy (non-hydrogen) atoms. The summed E-state index contributed by atoms with van der Waals surface area (Å²) >= 11 is 0. The van der Waals surface area contributed by atoms with Crippen molar-refractivity contribution in [3.63, 3.8) is 0 Å². The summed E-state index contributed by atoms with van der Waals surface area (Å²) in [5.41, 5.74) is 2.18. The minimum atomic E-state index is -0.196. The number of carbonyl (C=O) groups excluding carboxylic acids is 3. The van der Waals surface area contributed by atoms with Crippen molar-refractivity contribution < 1.29 is 14.4 Å². The van der Waals surface area contributed by atoms with Crippen LogP contribution in [-0.4, -0.2) is 24.3 Å². The molecule has 0 aliphatic carbocycles. The number of benzene rings is 2. The van der Waals surface area contributed by atoms with E-state index < -0.39 is 0 Å². The molecule has 3 amide bonds. The van der Waals surface area contributed by atoms with Crippen LogP contribution >= 0.6 is 0 Å². The van der Waals surface area contributed by atoms with Crippen molar-refractivity contribution in [1.29, 1.82) is 0 Å². The number of carbonyl (C=O) groups is 3. The fourth-order valence-electron chi connectivity index (χ4n) is 2.48. The molecular weight excluding hydrogens is 354 g/mol. The molecular formula is C22H27N3O3. The summed E-state index contributed by atoms with van der Waals surface area (Å²) < 4.78 is 0. The van der Waals surface area contributed by atoms with Crippen LogP contribution < -0.4 is 16.0 Å². The van der Waals surface area contributed by atoms with E-state index in [2.05, 4.69) is 16.0 Å². The highest BCUT2D eigenvalue weighted by Crippen LogP contribution is 2.13. The smallest absolute Gasteiger partial charge is 0.251 e. The van der Waals surface area contributed by atoms with Gasteiger partial charge in [0.25, 0.3) is 5.91 Å². The Labute approximate surface area is 165 Å². The highest BCUT2D eigenvalue weighted by atomic mass is 16.2. The third-order valence-electron chi connectivity index (χ3n) is 4.42. The number of anilines is 1. The standard InChI is InChI=1S/C22H27N3O3/c1-3-16(2)21(27)25-19-11-7-8-17(14-19)15-24-20(26)12-13-23-22(28)18-9-5-4-6-10-18/h4-11,14,16H,3,12-13,15H2,1-2H3,(H,23,28)(H,24,26)(H,25,27). The highest BCUT2D eigenvalue weighted by Gasteiger charge is 2.11. The number of rotatable bonds is 9. The van der Waals surface area contributed by atoms with Crippen LogP contribution in [0.5, 0.6) is 0 Å². The van der Waals surface area contributed by atoms with Crippen LogP contribution in [0.25, 0.3) is 0 Å². The largest absolute Gasteiger partial charge is 0.352 e. The molecule has 0 bridgehead atoms. The van der Waals surface area contributed by atoms with E-state index in [1.807, 2.05) is 44.2 Å². The molecule has 2 aromatic rings. The lowest BCUT2D eigenvalue weighted by molar-refractivity contribution is -0.121. The van der Waals surface area contributed by atoms with Gasteiger partial charge < -0.3 is 16.0 Å². The summed E-state index contributed by atoms with van der Waals surface area (Å²) in [6.07, 6.45) is 0.978.